The van der Waals surface area contributed by atoms with Crippen molar-refractivity contribution in [1.29, 1.82) is 0 Å². The smallest absolute Gasteiger partial charge is 0.409 e. The third-order valence-corrected chi connectivity index (χ3v) is 4.58. The van der Waals surface area contributed by atoms with Crippen LogP contribution < -0.4 is 0 Å². The Morgan fingerprint density at radius 2 is 2.05 bits per heavy atom. The second-order valence-corrected chi connectivity index (χ2v) is 5.61. The van der Waals surface area contributed by atoms with Crippen LogP contribution >= 0.6 is 0 Å². The van der Waals surface area contributed by atoms with Crippen molar-refractivity contribution in [2.45, 2.75) is 37.3 Å². The Bertz CT molecular complexity index is 403. The number of aldehydes is 1. The number of carbonyl (C=O) groups excluding carboxylic acids is 1. The molecule has 1 unspecified atom stereocenters. The molecule has 0 bridgehead atoms. The molecule has 0 saturated heterocycles. The van der Waals surface area contributed by atoms with Crippen molar-refractivity contribution >= 4 is 12.4 Å². The molecule has 0 aromatic rings. The van der Waals surface area contributed by atoms with Crippen molar-refractivity contribution in [3.05, 3.63) is 0 Å². The van der Waals surface area contributed by atoms with Gasteiger partial charge in [0.25, 0.3) is 0 Å². The summed E-state index contributed by atoms with van der Waals surface area (Å²) in [4.78, 5) is 22.9. The van der Waals surface area contributed by atoms with Gasteiger partial charge in [0.05, 0.1) is 5.92 Å². The monoisotopic (exact) mass is 277 g/mol. The lowest BCUT2D eigenvalue weighted by Gasteiger charge is -2.36. The van der Waals surface area contributed by atoms with E-state index in [-0.39, 0.29) is 25.2 Å². The Morgan fingerprint density at radius 3 is 2.58 bits per heavy atom. The number of carbonyl (C=O) groups is 2. The summed E-state index contributed by atoms with van der Waals surface area (Å²) in [6.45, 7) is 0. The highest BCUT2D eigenvalue weighted by Gasteiger charge is 2.59. The van der Waals surface area contributed by atoms with E-state index in [0.717, 1.165) is 7.05 Å². The van der Waals surface area contributed by atoms with E-state index in [1.807, 2.05) is 0 Å². The first-order valence-electron chi connectivity index (χ1n) is 6.23. The number of alkyl halides is 2. The SMILES string of the molecule is CN(C(=O)O)C1(O)C[C@@H]2CC(F)(F)CC[C@H]2[C@@H]1C=O. The lowest BCUT2D eigenvalue weighted by atomic mass is 9.76. The van der Waals surface area contributed by atoms with Gasteiger partial charge < -0.3 is 15.0 Å². The first-order valence-corrected chi connectivity index (χ1v) is 6.23. The number of hydrogen-bond acceptors (Lipinski definition) is 3. The molecule has 1 amide bonds. The molecule has 19 heavy (non-hydrogen) atoms. The summed E-state index contributed by atoms with van der Waals surface area (Å²) in [5, 5.41) is 19.4. The third kappa shape index (κ3) is 2.20. The first-order chi connectivity index (χ1) is 8.71. The standard InChI is InChI=1S/C12H17F2NO4/c1-15(10(17)18)12(19)5-7-4-11(13,14)3-2-8(7)9(12)6-16/h6-9,19H,2-5H2,1H3,(H,17,18)/t7-,8+,9-,12?/m0/s1. The number of rotatable bonds is 2. The van der Waals surface area contributed by atoms with E-state index in [9.17, 15) is 23.5 Å². The number of amides is 1. The van der Waals surface area contributed by atoms with Gasteiger partial charge in [0, 0.05) is 19.9 Å². The zero-order chi connectivity index (χ0) is 14.4. The van der Waals surface area contributed by atoms with Gasteiger partial charge in [0.15, 0.2) is 5.72 Å². The Hall–Kier alpha value is -1.24. The average molecular weight is 277 g/mol. The number of halogens is 2. The molecule has 0 aromatic carbocycles. The van der Waals surface area contributed by atoms with Crippen LogP contribution in [-0.2, 0) is 4.79 Å². The maximum absolute atomic E-state index is 13.4. The van der Waals surface area contributed by atoms with Crippen LogP contribution in [0.4, 0.5) is 13.6 Å². The molecular formula is C12H17F2NO4. The van der Waals surface area contributed by atoms with Crippen LogP contribution in [0.3, 0.4) is 0 Å². The van der Waals surface area contributed by atoms with Gasteiger partial charge in [-0.05, 0) is 24.7 Å². The fraction of sp³-hybridized carbons (Fsp3) is 0.833. The van der Waals surface area contributed by atoms with Gasteiger partial charge >= 0.3 is 6.09 Å². The lowest BCUT2D eigenvalue weighted by Crippen LogP contribution is -2.53. The molecule has 2 rings (SSSR count). The second-order valence-electron chi connectivity index (χ2n) is 5.61. The maximum atomic E-state index is 13.4. The van der Waals surface area contributed by atoms with Crippen molar-refractivity contribution < 1.29 is 28.6 Å². The molecule has 0 heterocycles. The highest BCUT2D eigenvalue weighted by atomic mass is 19.3. The van der Waals surface area contributed by atoms with Crippen LogP contribution in [0.2, 0.25) is 0 Å². The number of nitrogens with zero attached hydrogens (tertiary/aromatic N) is 1. The van der Waals surface area contributed by atoms with Crippen LogP contribution in [-0.4, -0.2) is 46.2 Å². The van der Waals surface area contributed by atoms with Crippen molar-refractivity contribution in [2.75, 3.05) is 7.05 Å². The third-order valence-electron chi connectivity index (χ3n) is 4.58. The van der Waals surface area contributed by atoms with Crippen molar-refractivity contribution in [2.24, 2.45) is 17.8 Å². The molecule has 0 aliphatic heterocycles. The molecule has 4 atom stereocenters. The average Bonchev–Trinajstić information content (AvgIpc) is 2.58. The molecule has 0 aromatic heterocycles. The van der Waals surface area contributed by atoms with E-state index < -0.39 is 36.0 Å². The van der Waals surface area contributed by atoms with E-state index in [1.54, 1.807) is 0 Å². The van der Waals surface area contributed by atoms with Gasteiger partial charge in [-0.2, -0.15) is 0 Å². The molecule has 7 heteroatoms. The summed E-state index contributed by atoms with van der Waals surface area (Å²) in [5.74, 6) is -4.62. The largest absolute Gasteiger partial charge is 0.465 e. The molecule has 0 spiro atoms. The molecular weight excluding hydrogens is 260 g/mol. The van der Waals surface area contributed by atoms with Crippen molar-refractivity contribution in [3.63, 3.8) is 0 Å². The van der Waals surface area contributed by atoms with Crippen LogP contribution in [0.1, 0.15) is 25.7 Å². The molecule has 0 radical (unpaired) electrons. The second kappa shape index (κ2) is 4.40. The van der Waals surface area contributed by atoms with E-state index >= 15 is 0 Å². The summed E-state index contributed by atoms with van der Waals surface area (Å²) in [5.41, 5.74) is -1.87. The minimum Gasteiger partial charge on any atom is -0.465 e. The number of fused-ring (bicyclic) bond motifs is 1. The van der Waals surface area contributed by atoms with Crippen molar-refractivity contribution in [3.8, 4) is 0 Å². The molecule has 2 fully saturated rings. The highest BCUT2D eigenvalue weighted by Crippen LogP contribution is 2.54. The molecule has 5 nitrogen and oxygen atoms in total. The Morgan fingerprint density at radius 1 is 1.42 bits per heavy atom. The fourth-order valence-electron chi connectivity index (χ4n) is 3.55. The molecule has 2 aliphatic rings. The predicted octanol–water partition coefficient (Wildman–Crippen LogP) is 1.56. The maximum Gasteiger partial charge on any atom is 0.409 e. The zero-order valence-corrected chi connectivity index (χ0v) is 10.6. The van der Waals surface area contributed by atoms with Crippen molar-refractivity contribution in [1.82, 2.24) is 4.90 Å². The van der Waals surface area contributed by atoms with Crippen LogP contribution in [0.15, 0.2) is 0 Å². The summed E-state index contributed by atoms with van der Waals surface area (Å²) in [6, 6.07) is 0. The summed E-state index contributed by atoms with van der Waals surface area (Å²) < 4.78 is 26.8. The zero-order valence-electron chi connectivity index (χ0n) is 10.6. The Labute approximate surface area is 109 Å². The fourth-order valence-corrected chi connectivity index (χ4v) is 3.55. The number of aliphatic hydroxyl groups is 1. The van der Waals surface area contributed by atoms with E-state index in [2.05, 4.69) is 0 Å². The van der Waals surface area contributed by atoms with Gasteiger partial charge in [0.1, 0.15) is 6.29 Å². The van der Waals surface area contributed by atoms with Gasteiger partial charge in [-0.25, -0.2) is 13.6 Å². The summed E-state index contributed by atoms with van der Waals surface area (Å²) in [7, 11) is 1.16. The predicted molar refractivity (Wildman–Crippen MR) is 60.7 cm³/mol. The van der Waals surface area contributed by atoms with E-state index in [4.69, 9.17) is 5.11 Å². The van der Waals surface area contributed by atoms with Gasteiger partial charge in [-0.15, -0.1) is 0 Å². The molecule has 2 aliphatic carbocycles. The van der Waals surface area contributed by atoms with Crippen LogP contribution in [0, 0.1) is 17.8 Å². The van der Waals surface area contributed by atoms with E-state index in [1.165, 1.54) is 0 Å². The minimum absolute atomic E-state index is 0.112. The van der Waals surface area contributed by atoms with E-state index in [0.29, 0.717) is 11.2 Å². The van der Waals surface area contributed by atoms with Gasteiger partial charge in [-0.3, -0.25) is 4.90 Å². The topological polar surface area (TPSA) is 77.8 Å². The number of carboxylic acid groups (broad SMARTS) is 1. The molecule has 108 valence electrons. The van der Waals surface area contributed by atoms with Crippen LogP contribution in [0.5, 0.6) is 0 Å². The van der Waals surface area contributed by atoms with Gasteiger partial charge in [0.2, 0.25) is 5.92 Å². The molecule has 2 saturated carbocycles. The highest BCUT2D eigenvalue weighted by molar-refractivity contribution is 5.68. The molecule has 2 N–H and O–H groups in total. The summed E-state index contributed by atoms with van der Waals surface area (Å²) in [6.07, 6.45) is -1.55. The Balaban J connectivity index is 2.29. The lowest BCUT2D eigenvalue weighted by molar-refractivity contribution is -0.138. The summed E-state index contributed by atoms with van der Waals surface area (Å²) >= 11 is 0. The Kier molecular flexibility index (Phi) is 3.28. The van der Waals surface area contributed by atoms with Crippen LogP contribution in [0.25, 0.3) is 0 Å². The van der Waals surface area contributed by atoms with Gasteiger partial charge in [-0.1, -0.05) is 0 Å². The number of hydrogen-bond donors (Lipinski definition) is 2. The first kappa shape index (κ1) is 14.2. The quantitative estimate of drug-likeness (QED) is 0.593. The normalized spacial score (nSPS) is 40.5. The minimum atomic E-state index is -2.79.